The van der Waals surface area contributed by atoms with Gasteiger partial charge in [-0.1, -0.05) is 15.9 Å². The van der Waals surface area contributed by atoms with Gasteiger partial charge < -0.3 is 9.64 Å². The Morgan fingerprint density at radius 1 is 1.48 bits per heavy atom. The van der Waals surface area contributed by atoms with Gasteiger partial charge in [0.1, 0.15) is 0 Å². The lowest BCUT2D eigenvalue weighted by atomic mass is 10.1. The predicted octanol–water partition coefficient (Wildman–Crippen LogP) is 2.03. The molecule has 2 rings (SSSR count). The third-order valence-corrected chi connectivity index (χ3v) is 4.68. The normalized spacial score (nSPS) is 18.3. The van der Waals surface area contributed by atoms with Gasteiger partial charge in [0.05, 0.1) is 24.1 Å². The summed E-state index contributed by atoms with van der Waals surface area (Å²) in [5, 5.41) is 0. The monoisotopic (exact) mass is 411 g/mol. The Bertz CT molecular complexity index is 768. The molecule has 0 bridgehead atoms. The fourth-order valence-corrected chi connectivity index (χ4v) is 3.67. The van der Waals surface area contributed by atoms with Gasteiger partial charge in [-0.3, -0.25) is 4.79 Å². The average Bonchev–Trinajstić information content (AvgIpc) is 2.78. The molecule has 126 valence electrons. The summed E-state index contributed by atoms with van der Waals surface area (Å²) in [6.07, 6.45) is -0.220. The van der Waals surface area contributed by atoms with Crippen LogP contribution < -0.4 is 4.90 Å². The van der Waals surface area contributed by atoms with E-state index in [0.29, 0.717) is 4.47 Å². The molecule has 1 amide bonds. The van der Waals surface area contributed by atoms with Crippen LogP contribution in [0, 0.1) is 11.7 Å². The van der Waals surface area contributed by atoms with E-state index in [1.807, 2.05) is 0 Å². The summed E-state index contributed by atoms with van der Waals surface area (Å²) in [7, 11) is -3.65. The highest BCUT2D eigenvalue weighted by molar-refractivity contribution is 9.10. The number of nitrogens with zero attached hydrogens (tertiary/aromatic N) is 1. The van der Waals surface area contributed by atoms with Crippen molar-refractivity contribution in [2.24, 2.45) is 5.92 Å². The summed E-state index contributed by atoms with van der Waals surface area (Å²) in [6.45, 7) is -0.157. The quantitative estimate of drug-likeness (QED) is 0.559. The number of rotatable bonds is 4. The highest BCUT2D eigenvalue weighted by Crippen LogP contribution is 2.32. The van der Waals surface area contributed by atoms with Crippen molar-refractivity contribution in [2.45, 2.75) is 6.42 Å². The van der Waals surface area contributed by atoms with Crippen LogP contribution in [0.2, 0.25) is 0 Å². The number of benzene rings is 1. The molecular weight excluding hydrogens is 400 g/mol. The van der Waals surface area contributed by atoms with Gasteiger partial charge >= 0.3 is 16.2 Å². The third kappa shape index (κ3) is 4.05. The summed E-state index contributed by atoms with van der Waals surface area (Å²) in [4.78, 5) is 24.6. The minimum atomic E-state index is -4.74. The molecule has 1 unspecified atom stereocenters. The van der Waals surface area contributed by atoms with E-state index in [4.69, 9.17) is 0 Å². The first-order chi connectivity index (χ1) is 10.6. The number of anilines is 1. The SMILES string of the molecule is COC(=O)c1cc(Br)cc(N2CC(CS(=O)(=O)F)CC2=O)c1F. The summed E-state index contributed by atoms with van der Waals surface area (Å²) in [5.41, 5.74) is -0.560. The lowest BCUT2D eigenvalue weighted by Crippen LogP contribution is -2.27. The van der Waals surface area contributed by atoms with Gasteiger partial charge in [0, 0.05) is 23.4 Å². The van der Waals surface area contributed by atoms with Crippen LogP contribution in [0.15, 0.2) is 16.6 Å². The van der Waals surface area contributed by atoms with Gasteiger partial charge in [0.2, 0.25) is 5.91 Å². The zero-order valence-corrected chi connectivity index (χ0v) is 14.3. The Morgan fingerprint density at radius 3 is 2.70 bits per heavy atom. The van der Waals surface area contributed by atoms with E-state index in [1.165, 1.54) is 12.1 Å². The maximum Gasteiger partial charge on any atom is 0.340 e. The zero-order valence-electron chi connectivity index (χ0n) is 11.9. The number of esters is 1. The lowest BCUT2D eigenvalue weighted by molar-refractivity contribution is -0.117. The molecule has 23 heavy (non-hydrogen) atoms. The smallest absolute Gasteiger partial charge is 0.340 e. The number of hydrogen-bond acceptors (Lipinski definition) is 5. The van der Waals surface area contributed by atoms with Crippen molar-refractivity contribution in [3.63, 3.8) is 0 Å². The minimum Gasteiger partial charge on any atom is -0.465 e. The Balaban J connectivity index is 2.37. The first kappa shape index (κ1) is 17.8. The summed E-state index contributed by atoms with van der Waals surface area (Å²) in [6, 6.07) is 2.49. The molecule has 0 aliphatic carbocycles. The molecule has 6 nitrogen and oxygen atoms in total. The largest absolute Gasteiger partial charge is 0.465 e. The number of carbonyl (C=O) groups excluding carboxylic acids is 2. The van der Waals surface area contributed by atoms with Gasteiger partial charge in [-0.2, -0.15) is 8.42 Å². The Morgan fingerprint density at radius 2 is 2.13 bits per heavy atom. The van der Waals surface area contributed by atoms with Crippen LogP contribution in [0.1, 0.15) is 16.8 Å². The highest BCUT2D eigenvalue weighted by Gasteiger charge is 2.35. The number of halogens is 3. The van der Waals surface area contributed by atoms with Crippen molar-refractivity contribution in [1.29, 1.82) is 0 Å². The van der Waals surface area contributed by atoms with E-state index in [0.717, 1.165) is 12.0 Å². The molecule has 0 saturated carbocycles. The van der Waals surface area contributed by atoms with Crippen LogP contribution in [-0.2, 0) is 19.8 Å². The second-order valence-corrected chi connectivity index (χ2v) is 7.38. The van der Waals surface area contributed by atoms with E-state index in [2.05, 4.69) is 20.7 Å². The third-order valence-electron chi connectivity index (χ3n) is 3.35. The lowest BCUT2D eigenvalue weighted by Gasteiger charge is -2.19. The van der Waals surface area contributed by atoms with Gasteiger partial charge in [-0.05, 0) is 12.1 Å². The number of ether oxygens (including phenoxy) is 1. The van der Waals surface area contributed by atoms with E-state index in [9.17, 15) is 26.3 Å². The molecular formula is C13H12BrF2NO5S. The van der Waals surface area contributed by atoms with Crippen LogP contribution >= 0.6 is 15.9 Å². The molecule has 1 aromatic carbocycles. The number of hydrogen-bond donors (Lipinski definition) is 0. The van der Waals surface area contributed by atoms with E-state index >= 15 is 0 Å². The van der Waals surface area contributed by atoms with Crippen LogP contribution in [0.4, 0.5) is 14.0 Å². The van der Waals surface area contributed by atoms with E-state index < -0.39 is 39.6 Å². The van der Waals surface area contributed by atoms with Crippen LogP contribution in [0.5, 0.6) is 0 Å². The second kappa shape index (κ2) is 6.52. The van der Waals surface area contributed by atoms with Gasteiger partial charge in [0.15, 0.2) is 5.82 Å². The molecule has 1 heterocycles. The number of carbonyl (C=O) groups is 2. The van der Waals surface area contributed by atoms with E-state index in [-0.39, 0.29) is 24.2 Å². The van der Waals surface area contributed by atoms with Crippen molar-refractivity contribution < 1.29 is 31.0 Å². The zero-order chi connectivity index (χ0) is 17.4. The average molecular weight is 412 g/mol. The molecule has 1 saturated heterocycles. The standard InChI is InChI=1S/C13H12BrF2NO5S/c1-22-13(19)9-3-8(14)4-10(12(9)15)17-5-7(2-11(17)18)6-23(16,20)21/h3-4,7H,2,5-6H2,1H3. The fourth-order valence-electron chi connectivity index (χ4n) is 2.44. The molecule has 0 N–H and O–H groups in total. The van der Waals surface area contributed by atoms with Crippen LogP contribution in [-0.4, -0.2) is 39.7 Å². The van der Waals surface area contributed by atoms with Crippen molar-refractivity contribution in [3.8, 4) is 0 Å². The summed E-state index contributed by atoms with van der Waals surface area (Å²) in [5.74, 6) is -4.02. The molecule has 1 aliphatic rings. The molecule has 10 heteroatoms. The van der Waals surface area contributed by atoms with Gasteiger partial charge in [-0.15, -0.1) is 3.89 Å². The molecule has 0 spiro atoms. The van der Waals surface area contributed by atoms with Crippen molar-refractivity contribution >= 4 is 43.7 Å². The maximum atomic E-state index is 14.5. The molecule has 1 aromatic rings. The minimum absolute atomic E-state index is 0.157. The van der Waals surface area contributed by atoms with Gasteiger partial charge in [-0.25, -0.2) is 9.18 Å². The molecule has 0 aromatic heterocycles. The van der Waals surface area contributed by atoms with Crippen molar-refractivity contribution in [2.75, 3.05) is 24.3 Å². The highest BCUT2D eigenvalue weighted by atomic mass is 79.9. The Kier molecular flexibility index (Phi) is 5.04. The summed E-state index contributed by atoms with van der Waals surface area (Å²) < 4.78 is 53.4. The van der Waals surface area contributed by atoms with Crippen LogP contribution in [0.25, 0.3) is 0 Å². The van der Waals surface area contributed by atoms with E-state index in [1.54, 1.807) is 0 Å². The molecule has 1 fully saturated rings. The predicted molar refractivity (Wildman–Crippen MR) is 80.8 cm³/mol. The molecule has 0 radical (unpaired) electrons. The van der Waals surface area contributed by atoms with Crippen molar-refractivity contribution in [3.05, 3.63) is 28.0 Å². The fraction of sp³-hybridized carbons (Fsp3) is 0.385. The molecule has 1 atom stereocenters. The second-order valence-electron chi connectivity index (χ2n) is 5.06. The first-order valence-electron chi connectivity index (χ1n) is 6.42. The van der Waals surface area contributed by atoms with Crippen molar-refractivity contribution in [1.82, 2.24) is 0 Å². The number of amides is 1. The molecule has 1 aliphatic heterocycles. The number of methoxy groups -OCH3 is 1. The Labute approximate surface area is 139 Å². The maximum absolute atomic E-state index is 14.5. The summed E-state index contributed by atoms with van der Waals surface area (Å²) >= 11 is 3.11. The first-order valence-corrected chi connectivity index (χ1v) is 8.77. The van der Waals surface area contributed by atoms with Gasteiger partial charge in [0.25, 0.3) is 0 Å². The van der Waals surface area contributed by atoms with Crippen LogP contribution in [0.3, 0.4) is 0 Å². The topological polar surface area (TPSA) is 80.8 Å². The Hall–Kier alpha value is -1.55.